The third-order valence-corrected chi connectivity index (χ3v) is 4.09. The number of piperidine rings is 1. The fourth-order valence-corrected chi connectivity index (χ4v) is 2.78. The van der Waals surface area contributed by atoms with E-state index in [4.69, 9.17) is 4.74 Å². The number of ether oxygens (including phenoxy) is 1. The van der Waals surface area contributed by atoms with Gasteiger partial charge in [-0.2, -0.15) is 0 Å². The Hall–Kier alpha value is -2.57. The number of carbonyl (C=O) groups is 1. The molecule has 24 heavy (non-hydrogen) atoms. The first-order chi connectivity index (χ1) is 11.6. The molecule has 7 heteroatoms. The number of hydrogen-bond acceptors (Lipinski definition) is 5. The maximum Gasteiger partial charge on any atom is 0.242 e. The molecule has 1 saturated heterocycles. The van der Waals surface area contributed by atoms with E-state index in [2.05, 4.69) is 10.2 Å². The summed E-state index contributed by atoms with van der Waals surface area (Å²) in [6.07, 6.45) is 5.62. The largest absolute Gasteiger partial charge is 0.471 e. The van der Waals surface area contributed by atoms with E-state index >= 15 is 0 Å². The zero-order chi connectivity index (χ0) is 16.9. The fraction of sp³-hybridized carbons (Fsp3) is 0.471. The molecular weight excluding hydrogens is 306 g/mol. The summed E-state index contributed by atoms with van der Waals surface area (Å²) in [6, 6.07) is 7.54. The van der Waals surface area contributed by atoms with E-state index in [0.29, 0.717) is 19.0 Å². The molecular formula is C17H23N5O2. The van der Waals surface area contributed by atoms with Crippen LogP contribution in [0, 0.1) is 0 Å². The maximum absolute atomic E-state index is 12.4. The van der Waals surface area contributed by atoms with Gasteiger partial charge in [-0.25, -0.2) is 0 Å². The monoisotopic (exact) mass is 329 g/mol. The SMILES string of the molecule is CN(C)c1ccc(OC2CCCN(C(=O)Cn3cccc3)C2)nn1. The lowest BCUT2D eigenvalue weighted by Gasteiger charge is -2.32. The highest BCUT2D eigenvalue weighted by molar-refractivity contribution is 5.76. The van der Waals surface area contributed by atoms with Crippen LogP contribution in [0.3, 0.4) is 0 Å². The Morgan fingerprint density at radius 1 is 1.29 bits per heavy atom. The maximum atomic E-state index is 12.4. The second kappa shape index (κ2) is 7.33. The summed E-state index contributed by atoms with van der Waals surface area (Å²) in [6.45, 7) is 1.75. The Balaban J connectivity index is 1.56. The lowest BCUT2D eigenvalue weighted by molar-refractivity contribution is -0.134. The van der Waals surface area contributed by atoms with Gasteiger partial charge >= 0.3 is 0 Å². The quantitative estimate of drug-likeness (QED) is 0.830. The van der Waals surface area contributed by atoms with Crippen LogP contribution in [0.5, 0.6) is 5.88 Å². The van der Waals surface area contributed by atoms with Crippen molar-refractivity contribution >= 4 is 11.7 Å². The molecule has 2 aromatic heterocycles. The van der Waals surface area contributed by atoms with E-state index < -0.39 is 0 Å². The summed E-state index contributed by atoms with van der Waals surface area (Å²) in [4.78, 5) is 16.2. The molecule has 1 fully saturated rings. The van der Waals surface area contributed by atoms with Gasteiger partial charge in [0.05, 0.1) is 6.54 Å². The molecule has 0 aliphatic carbocycles. The standard InChI is InChI=1S/C17H23N5O2/c1-20(2)15-7-8-16(19-18-15)24-14-6-5-11-22(12-14)17(23)13-21-9-3-4-10-21/h3-4,7-10,14H,5-6,11-13H2,1-2H3. The van der Waals surface area contributed by atoms with Gasteiger partial charge < -0.3 is 19.1 Å². The third kappa shape index (κ3) is 4.04. The minimum absolute atomic E-state index is 0.0353. The van der Waals surface area contributed by atoms with Gasteiger partial charge in [-0.05, 0) is 31.0 Å². The van der Waals surface area contributed by atoms with Gasteiger partial charge in [0.1, 0.15) is 12.6 Å². The van der Waals surface area contributed by atoms with Crippen LogP contribution >= 0.6 is 0 Å². The predicted octanol–water partition coefficient (Wildman–Crippen LogP) is 1.41. The highest BCUT2D eigenvalue weighted by Crippen LogP contribution is 2.18. The lowest BCUT2D eigenvalue weighted by Crippen LogP contribution is -2.45. The van der Waals surface area contributed by atoms with Crippen molar-refractivity contribution in [2.24, 2.45) is 0 Å². The summed E-state index contributed by atoms with van der Waals surface area (Å²) in [5.74, 6) is 1.41. The van der Waals surface area contributed by atoms with E-state index in [1.165, 1.54) is 0 Å². The van der Waals surface area contributed by atoms with Gasteiger partial charge in [0.25, 0.3) is 0 Å². The number of likely N-dealkylation sites (tertiary alicyclic amines) is 1. The molecule has 3 rings (SSSR count). The van der Waals surface area contributed by atoms with Crippen molar-refractivity contribution < 1.29 is 9.53 Å². The van der Waals surface area contributed by atoms with Crippen molar-refractivity contribution in [2.45, 2.75) is 25.5 Å². The van der Waals surface area contributed by atoms with Crippen LogP contribution < -0.4 is 9.64 Å². The van der Waals surface area contributed by atoms with E-state index in [0.717, 1.165) is 25.2 Å². The molecule has 1 amide bonds. The van der Waals surface area contributed by atoms with Gasteiger partial charge in [-0.1, -0.05) is 0 Å². The van der Waals surface area contributed by atoms with Gasteiger partial charge in [0.15, 0.2) is 5.82 Å². The third-order valence-electron chi connectivity index (χ3n) is 4.09. The molecule has 7 nitrogen and oxygen atoms in total. The molecule has 0 radical (unpaired) electrons. The molecule has 0 bridgehead atoms. The van der Waals surface area contributed by atoms with Crippen molar-refractivity contribution in [1.82, 2.24) is 19.7 Å². The summed E-state index contributed by atoms with van der Waals surface area (Å²) >= 11 is 0. The molecule has 0 aromatic carbocycles. The second-order valence-corrected chi connectivity index (χ2v) is 6.20. The zero-order valence-electron chi connectivity index (χ0n) is 14.1. The van der Waals surface area contributed by atoms with E-state index in [-0.39, 0.29) is 12.0 Å². The number of carbonyl (C=O) groups excluding carboxylic acids is 1. The smallest absolute Gasteiger partial charge is 0.242 e. The summed E-state index contributed by atoms with van der Waals surface area (Å²) in [5.41, 5.74) is 0. The first-order valence-corrected chi connectivity index (χ1v) is 8.18. The van der Waals surface area contributed by atoms with Gasteiger partial charge in [-0.3, -0.25) is 4.79 Å². The minimum Gasteiger partial charge on any atom is -0.471 e. The number of rotatable bonds is 5. The van der Waals surface area contributed by atoms with E-state index in [1.807, 2.05) is 65.1 Å². The molecule has 2 aromatic rings. The van der Waals surface area contributed by atoms with Crippen LogP contribution in [0.15, 0.2) is 36.7 Å². The van der Waals surface area contributed by atoms with Crippen molar-refractivity contribution in [1.29, 1.82) is 0 Å². The van der Waals surface area contributed by atoms with Crippen LogP contribution in [-0.2, 0) is 11.3 Å². The Morgan fingerprint density at radius 2 is 2.08 bits per heavy atom. The predicted molar refractivity (Wildman–Crippen MR) is 91.0 cm³/mol. The van der Waals surface area contributed by atoms with E-state index in [1.54, 1.807) is 0 Å². The number of anilines is 1. The Bertz CT molecular complexity index is 654. The molecule has 3 heterocycles. The minimum atomic E-state index is -0.0353. The van der Waals surface area contributed by atoms with Gasteiger partial charge in [-0.15, -0.1) is 10.2 Å². The first kappa shape index (κ1) is 16.3. The Kier molecular flexibility index (Phi) is 4.98. The highest BCUT2D eigenvalue weighted by Gasteiger charge is 2.25. The molecule has 0 spiro atoms. The summed E-state index contributed by atoms with van der Waals surface area (Å²) in [5, 5.41) is 8.22. The molecule has 0 N–H and O–H groups in total. The number of amides is 1. The normalized spacial score (nSPS) is 17.6. The average Bonchev–Trinajstić information content (AvgIpc) is 3.08. The van der Waals surface area contributed by atoms with Crippen molar-refractivity contribution in [2.75, 3.05) is 32.1 Å². The second-order valence-electron chi connectivity index (χ2n) is 6.20. The van der Waals surface area contributed by atoms with Crippen LogP contribution in [0.1, 0.15) is 12.8 Å². The molecule has 1 aliphatic rings. The average molecular weight is 329 g/mol. The van der Waals surface area contributed by atoms with Crippen LogP contribution in [0.25, 0.3) is 0 Å². The van der Waals surface area contributed by atoms with Crippen LogP contribution in [0.4, 0.5) is 5.82 Å². The van der Waals surface area contributed by atoms with Gasteiger partial charge in [0, 0.05) is 39.1 Å². The highest BCUT2D eigenvalue weighted by atomic mass is 16.5. The summed E-state index contributed by atoms with van der Waals surface area (Å²) < 4.78 is 7.80. The Labute approximate surface area is 141 Å². The van der Waals surface area contributed by atoms with E-state index in [9.17, 15) is 4.79 Å². The summed E-state index contributed by atoms with van der Waals surface area (Å²) in [7, 11) is 3.83. The molecule has 0 saturated carbocycles. The van der Waals surface area contributed by atoms with Crippen molar-refractivity contribution in [3.05, 3.63) is 36.7 Å². The fourth-order valence-electron chi connectivity index (χ4n) is 2.78. The molecule has 128 valence electrons. The van der Waals surface area contributed by atoms with Gasteiger partial charge in [0.2, 0.25) is 11.8 Å². The van der Waals surface area contributed by atoms with Crippen molar-refractivity contribution in [3.63, 3.8) is 0 Å². The van der Waals surface area contributed by atoms with Crippen LogP contribution in [0.2, 0.25) is 0 Å². The van der Waals surface area contributed by atoms with Crippen LogP contribution in [-0.4, -0.2) is 58.9 Å². The number of nitrogens with zero attached hydrogens (tertiary/aromatic N) is 5. The molecule has 1 atom stereocenters. The number of hydrogen-bond donors (Lipinski definition) is 0. The number of aromatic nitrogens is 3. The molecule has 1 aliphatic heterocycles. The lowest BCUT2D eigenvalue weighted by atomic mass is 10.1. The first-order valence-electron chi connectivity index (χ1n) is 8.18. The topological polar surface area (TPSA) is 63.5 Å². The zero-order valence-corrected chi connectivity index (χ0v) is 14.1. The molecule has 1 unspecified atom stereocenters. The Morgan fingerprint density at radius 3 is 2.75 bits per heavy atom. The van der Waals surface area contributed by atoms with Crippen molar-refractivity contribution in [3.8, 4) is 5.88 Å².